The molecule has 2 aromatic rings. The van der Waals surface area contributed by atoms with Gasteiger partial charge in [-0.1, -0.05) is 13.8 Å². The van der Waals surface area contributed by atoms with E-state index in [0.29, 0.717) is 24.5 Å². The van der Waals surface area contributed by atoms with E-state index >= 15 is 0 Å². The van der Waals surface area contributed by atoms with Crippen LogP contribution in [0.25, 0.3) is 0 Å². The Labute approximate surface area is 209 Å². The molecular weight excluding hydrogens is 462 g/mol. The number of halogens is 2. The third kappa shape index (κ3) is 3.71. The summed E-state index contributed by atoms with van der Waals surface area (Å²) in [6, 6.07) is 2.87. The fourth-order valence-corrected chi connectivity index (χ4v) is 7.85. The number of rotatable bonds is 4. The van der Waals surface area contributed by atoms with Crippen LogP contribution in [0.4, 0.5) is 14.6 Å². The molecule has 2 amide bonds. The average Bonchev–Trinajstić information content (AvgIpc) is 2.84. The first-order chi connectivity index (χ1) is 17.1. The standard InChI is InChI=1S/C28H32F2N4O2/c1-27(2,28-11-16-7-17(12-28)9-18(8-16)13-28)26(36)33-24-20-5-6-34(14-23(20)31-15-32-24)25(35)21-10-19(29)3-4-22(21)30/h3-4,10,15-18H,5-9,11-14H2,1-2H3,(H,31,32,33,36). The molecule has 4 fully saturated rings. The molecule has 1 aromatic heterocycles. The van der Waals surface area contributed by atoms with Crippen LogP contribution >= 0.6 is 0 Å². The molecule has 5 aliphatic rings. The van der Waals surface area contributed by atoms with Gasteiger partial charge >= 0.3 is 0 Å². The second-order valence-electron chi connectivity index (χ2n) is 12.0. The number of carbonyl (C=O) groups excluding carboxylic acids is 2. The molecule has 7 rings (SSSR count). The normalized spacial score (nSPS) is 28.7. The monoisotopic (exact) mass is 494 g/mol. The van der Waals surface area contributed by atoms with Crippen LogP contribution in [-0.2, 0) is 17.8 Å². The Hall–Kier alpha value is -2.90. The van der Waals surface area contributed by atoms with Crippen molar-refractivity contribution in [3.8, 4) is 0 Å². The Morgan fingerprint density at radius 1 is 1.06 bits per heavy atom. The molecule has 190 valence electrons. The lowest BCUT2D eigenvalue weighted by atomic mass is 9.43. The summed E-state index contributed by atoms with van der Waals surface area (Å²) in [5.41, 5.74) is 0.641. The van der Waals surface area contributed by atoms with Crippen LogP contribution in [0.5, 0.6) is 0 Å². The third-order valence-electron chi connectivity index (χ3n) is 9.62. The number of amides is 2. The predicted octanol–water partition coefficient (Wildman–Crippen LogP) is 5.13. The number of hydrogen-bond acceptors (Lipinski definition) is 4. The predicted molar refractivity (Wildman–Crippen MR) is 130 cm³/mol. The molecule has 4 bridgehead atoms. The number of aromatic nitrogens is 2. The maximum atomic E-state index is 14.2. The molecule has 2 heterocycles. The van der Waals surface area contributed by atoms with Gasteiger partial charge in [0.1, 0.15) is 23.8 Å². The number of carbonyl (C=O) groups is 2. The van der Waals surface area contributed by atoms with Gasteiger partial charge in [-0.05, 0) is 86.3 Å². The highest BCUT2D eigenvalue weighted by atomic mass is 19.1. The number of nitrogens with one attached hydrogen (secondary N) is 1. The second-order valence-corrected chi connectivity index (χ2v) is 12.0. The Morgan fingerprint density at radius 3 is 2.39 bits per heavy atom. The molecule has 4 aliphatic carbocycles. The fraction of sp³-hybridized carbons (Fsp3) is 0.571. The molecule has 8 heteroatoms. The van der Waals surface area contributed by atoms with E-state index in [1.807, 2.05) is 0 Å². The minimum Gasteiger partial charge on any atom is -0.332 e. The number of anilines is 1. The minimum atomic E-state index is -0.755. The number of benzene rings is 1. The van der Waals surface area contributed by atoms with Crippen LogP contribution in [0.15, 0.2) is 24.5 Å². The van der Waals surface area contributed by atoms with Crippen LogP contribution in [-0.4, -0.2) is 33.2 Å². The van der Waals surface area contributed by atoms with Gasteiger partial charge in [0.25, 0.3) is 5.91 Å². The number of nitrogens with zero attached hydrogens (tertiary/aromatic N) is 3. The molecule has 1 aromatic carbocycles. The molecule has 0 unspecified atom stereocenters. The lowest BCUT2D eigenvalue weighted by Gasteiger charge is -2.61. The van der Waals surface area contributed by atoms with E-state index in [1.54, 1.807) is 0 Å². The Morgan fingerprint density at radius 2 is 1.72 bits per heavy atom. The summed E-state index contributed by atoms with van der Waals surface area (Å²) < 4.78 is 27.8. The van der Waals surface area contributed by atoms with Crippen molar-refractivity contribution < 1.29 is 18.4 Å². The highest BCUT2D eigenvalue weighted by molar-refractivity contribution is 5.96. The van der Waals surface area contributed by atoms with E-state index in [4.69, 9.17) is 0 Å². The van der Waals surface area contributed by atoms with Crippen molar-refractivity contribution in [2.75, 3.05) is 11.9 Å². The zero-order valence-electron chi connectivity index (χ0n) is 20.8. The van der Waals surface area contributed by atoms with Gasteiger partial charge < -0.3 is 10.2 Å². The van der Waals surface area contributed by atoms with Gasteiger partial charge in [0, 0.05) is 17.5 Å². The van der Waals surface area contributed by atoms with Gasteiger partial charge in [-0.25, -0.2) is 18.7 Å². The number of fused-ring (bicyclic) bond motifs is 1. The first-order valence-corrected chi connectivity index (χ1v) is 13.0. The van der Waals surface area contributed by atoms with Gasteiger partial charge in [0.15, 0.2) is 0 Å². The van der Waals surface area contributed by atoms with E-state index in [0.717, 1.165) is 60.8 Å². The minimum absolute atomic E-state index is 0.00862. The smallest absolute Gasteiger partial charge is 0.257 e. The molecule has 4 saturated carbocycles. The van der Waals surface area contributed by atoms with Crippen LogP contribution in [0, 0.1) is 40.2 Å². The highest BCUT2D eigenvalue weighted by Gasteiger charge is 2.59. The summed E-state index contributed by atoms with van der Waals surface area (Å²) in [6.45, 7) is 4.64. The highest BCUT2D eigenvalue weighted by Crippen LogP contribution is 2.66. The second kappa shape index (κ2) is 8.32. The Bertz CT molecular complexity index is 1210. The molecule has 1 N–H and O–H groups in total. The van der Waals surface area contributed by atoms with Crippen molar-refractivity contribution in [2.24, 2.45) is 28.6 Å². The molecular formula is C28H32F2N4O2. The molecule has 1 aliphatic heterocycles. The SMILES string of the molecule is CC(C)(C(=O)Nc1ncnc2c1CCN(C(=O)c1cc(F)ccc1F)C2)C12CC3CC(CC(C3)C1)C2. The quantitative estimate of drug-likeness (QED) is 0.639. The summed E-state index contributed by atoms with van der Waals surface area (Å²) >= 11 is 0. The molecule has 0 atom stereocenters. The maximum absolute atomic E-state index is 14.2. The lowest BCUT2D eigenvalue weighted by Crippen LogP contribution is -2.56. The summed E-state index contributed by atoms with van der Waals surface area (Å²) in [6.07, 6.45) is 9.19. The molecule has 0 saturated heterocycles. The van der Waals surface area contributed by atoms with Gasteiger partial charge in [0.05, 0.1) is 17.8 Å². The van der Waals surface area contributed by atoms with Crippen LogP contribution in [0.3, 0.4) is 0 Å². The van der Waals surface area contributed by atoms with Crippen molar-refractivity contribution >= 4 is 17.6 Å². The lowest BCUT2D eigenvalue weighted by molar-refractivity contribution is -0.151. The van der Waals surface area contributed by atoms with E-state index < -0.39 is 23.0 Å². The first kappa shape index (κ1) is 23.5. The number of hydrogen-bond donors (Lipinski definition) is 1. The van der Waals surface area contributed by atoms with Crippen molar-refractivity contribution in [1.82, 2.24) is 14.9 Å². The largest absolute Gasteiger partial charge is 0.332 e. The summed E-state index contributed by atoms with van der Waals surface area (Å²) in [7, 11) is 0. The van der Waals surface area contributed by atoms with Gasteiger partial charge in [-0.15, -0.1) is 0 Å². The van der Waals surface area contributed by atoms with Crippen LogP contribution in [0.2, 0.25) is 0 Å². The topological polar surface area (TPSA) is 75.2 Å². The first-order valence-electron chi connectivity index (χ1n) is 13.0. The Balaban J connectivity index is 1.21. The Kier molecular flexibility index (Phi) is 5.43. The third-order valence-corrected chi connectivity index (χ3v) is 9.62. The summed E-state index contributed by atoms with van der Waals surface area (Å²) in [5.74, 6) is 0.743. The molecule has 36 heavy (non-hydrogen) atoms. The van der Waals surface area contributed by atoms with Crippen molar-refractivity contribution in [1.29, 1.82) is 0 Å². The molecule has 0 spiro atoms. The zero-order valence-corrected chi connectivity index (χ0v) is 20.8. The van der Waals surface area contributed by atoms with E-state index in [9.17, 15) is 18.4 Å². The van der Waals surface area contributed by atoms with Crippen LogP contribution in [0.1, 0.15) is 74.0 Å². The van der Waals surface area contributed by atoms with Crippen molar-refractivity contribution in [3.05, 3.63) is 53.0 Å². The van der Waals surface area contributed by atoms with Gasteiger partial charge in [-0.3, -0.25) is 9.59 Å². The van der Waals surface area contributed by atoms with Crippen LogP contribution < -0.4 is 5.32 Å². The van der Waals surface area contributed by atoms with Crippen molar-refractivity contribution in [2.45, 2.75) is 65.3 Å². The summed E-state index contributed by atoms with van der Waals surface area (Å²) in [5, 5.41) is 3.12. The molecule has 6 nitrogen and oxygen atoms in total. The van der Waals surface area contributed by atoms with E-state index in [1.165, 1.54) is 30.5 Å². The fourth-order valence-electron chi connectivity index (χ4n) is 7.85. The average molecular weight is 495 g/mol. The zero-order chi connectivity index (χ0) is 25.2. The van der Waals surface area contributed by atoms with Crippen molar-refractivity contribution in [3.63, 3.8) is 0 Å². The maximum Gasteiger partial charge on any atom is 0.257 e. The van der Waals surface area contributed by atoms with Gasteiger partial charge in [-0.2, -0.15) is 0 Å². The van der Waals surface area contributed by atoms with E-state index in [-0.39, 0.29) is 23.4 Å². The van der Waals surface area contributed by atoms with Gasteiger partial charge in [0.2, 0.25) is 5.91 Å². The molecule has 0 radical (unpaired) electrons. The summed E-state index contributed by atoms with van der Waals surface area (Å²) in [4.78, 5) is 36.8. The van der Waals surface area contributed by atoms with E-state index in [2.05, 4.69) is 29.1 Å².